The van der Waals surface area contributed by atoms with E-state index in [2.05, 4.69) is 4.90 Å². The molecule has 0 atom stereocenters. The Bertz CT molecular complexity index is 120. The summed E-state index contributed by atoms with van der Waals surface area (Å²) in [5, 5.41) is 9.62. The molecule has 2 heteroatoms. The quantitative estimate of drug-likeness (QED) is 0.682. The Morgan fingerprint density at radius 3 is 2.00 bits per heavy atom. The lowest BCUT2D eigenvalue weighted by Crippen LogP contribution is -2.39. The Hall–Kier alpha value is -0.0800. The van der Waals surface area contributed by atoms with Gasteiger partial charge in [-0.3, -0.25) is 0 Å². The van der Waals surface area contributed by atoms with Crippen LogP contribution in [-0.4, -0.2) is 35.2 Å². The first kappa shape index (κ1) is 10.0. The van der Waals surface area contributed by atoms with E-state index in [1.165, 1.54) is 38.8 Å². The second-order valence-electron chi connectivity index (χ2n) is 4.50. The van der Waals surface area contributed by atoms with Crippen LogP contribution in [0.15, 0.2) is 0 Å². The van der Waals surface area contributed by atoms with E-state index in [-0.39, 0.29) is 0 Å². The van der Waals surface area contributed by atoms with Gasteiger partial charge in [-0.05, 0) is 39.8 Å². The number of rotatable bonds is 2. The summed E-state index contributed by atoms with van der Waals surface area (Å²) in [6.45, 7) is 6.94. The van der Waals surface area contributed by atoms with E-state index in [1.54, 1.807) is 0 Å². The Kier molecular flexibility index (Phi) is 3.53. The third-order valence-corrected chi connectivity index (χ3v) is 2.31. The minimum atomic E-state index is -0.523. The van der Waals surface area contributed by atoms with Crippen LogP contribution in [0.2, 0.25) is 0 Å². The van der Waals surface area contributed by atoms with Crippen molar-refractivity contribution in [3.63, 3.8) is 0 Å². The van der Waals surface area contributed by atoms with Gasteiger partial charge >= 0.3 is 0 Å². The minimum absolute atomic E-state index is 0.523. The van der Waals surface area contributed by atoms with Crippen LogP contribution in [0.4, 0.5) is 0 Å². The Morgan fingerprint density at radius 1 is 1.08 bits per heavy atom. The number of hydrogen-bond donors (Lipinski definition) is 1. The number of β-amino-alcohol motifs (C(OH)–C–C–N with tert-alkyl or cyclic N) is 1. The third kappa shape index (κ3) is 4.07. The van der Waals surface area contributed by atoms with Crippen LogP contribution in [0.5, 0.6) is 0 Å². The summed E-state index contributed by atoms with van der Waals surface area (Å²) in [5.74, 6) is 0. The van der Waals surface area contributed by atoms with Crippen molar-refractivity contribution in [3.8, 4) is 0 Å². The molecule has 0 spiro atoms. The highest BCUT2D eigenvalue weighted by Crippen LogP contribution is 2.12. The van der Waals surface area contributed by atoms with E-state index in [4.69, 9.17) is 0 Å². The SMILES string of the molecule is CC(C)(O)CN1CCCCCC1. The molecule has 1 aliphatic rings. The average Bonchev–Trinajstić information content (AvgIpc) is 2.12. The molecule has 0 aliphatic carbocycles. The van der Waals surface area contributed by atoms with Gasteiger partial charge in [-0.25, -0.2) is 0 Å². The van der Waals surface area contributed by atoms with E-state index >= 15 is 0 Å². The van der Waals surface area contributed by atoms with E-state index in [0.29, 0.717) is 0 Å². The largest absolute Gasteiger partial charge is 0.389 e. The molecule has 0 aromatic carbocycles. The molecule has 12 heavy (non-hydrogen) atoms. The molecule has 72 valence electrons. The lowest BCUT2D eigenvalue weighted by Gasteiger charge is -2.27. The Balaban J connectivity index is 2.30. The number of likely N-dealkylation sites (tertiary alicyclic amines) is 1. The highest BCUT2D eigenvalue weighted by Gasteiger charge is 2.18. The fourth-order valence-corrected chi connectivity index (χ4v) is 1.84. The van der Waals surface area contributed by atoms with Gasteiger partial charge in [0.05, 0.1) is 5.60 Å². The van der Waals surface area contributed by atoms with Crippen molar-refractivity contribution in [3.05, 3.63) is 0 Å². The van der Waals surface area contributed by atoms with Gasteiger partial charge in [0.2, 0.25) is 0 Å². The van der Waals surface area contributed by atoms with Gasteiger partial charge in [-0.1, -0.05) is 12.8 Å². The van der Waals surface area contributed by atoms with Crippen LogP contribution in [0.1, 0.15) is 39.5 Å². The molecule has 0 bridgehead atoms. The molecule has 1 saturated heterocycles. The van der Waals surface area contributed by atoms with E-state index in [0.717, 1.165) is 6.54 Å². The lowest BCUT2D eigenvalue weighted by molar-refractivity contribution is 0.0374. The van der Waals surface area contributed by atoms with Crippen molar-refractivity contribution in [2.45, 2.75) is 45.1 Å². The molecule has 1 heterocycles. The van der Waals surface area contributed by atoms with Crippen molar-refractivity contribution in [2.24, 2.45) is 0 Å². The van der Waals surface area contributed by atoms with Gasteiger partial charge in [-0.2, -0.15) is 0 Å². The van der Waals surface area contributed by atoms with Gasteiger partial charge in [-0.15, -0.1) is 0 Å². The van der Waals surface area contributed by atoms with E-state index in [1.807, 2.05) is 13.8 Å². The molecule has 0 aromatic rings. The molecular formula is C10H21NO. The highest BCUT2D eigenvalue weighted by molar-refractivity contribution is 4.73. The van der Waals surface area contributed by atoms with Crippen LogP contribution in [-0.2, 0) is 0 Å². The standard InChI is InChI=1S/C10H21NO/c1-10(2,12)9-11-7-5-3-4-6-8-11/h12H,3-9H2,1-2H3. The fourth-order valence-electron chi connectivity index (χ4n) is 1.84. The number of nitrogens with zero attached hydrogens (tertiary/aromatic N) is 1. The summed E-state index contributed by atoms with van der Waals surface area (Å²) in [7, 11) is 0. The summed E-state index contributed by atoms with van der Waals surface area (Å²) >= 11 is 0. The van der Waals surface area contributed by atoms with Crippen LogP contribution in [0.3, 0.4) is 0 Å². The molecule has 0 aromatic heterocycles. The normalized spacial score (nSPS) is 22.2. The molecule has 0 radical (unpaired) electrons. The van der Waals surface area contributed by atoms with E-state index < -0.39 is 5.60 Å². The zero-order chi connectivity index (χ0) is 9.03. The molecule has 1 aliphatic heterocycles. The molecule has 1 N–H and O–H groups in total. The topological polar surface area (TPSA) is 23.5 Å². The van der Waals surface area contributed by atoms with Crippen LogP contribution in [0, 0.1) is 0 Å². The maximum atomic E-state index is 9.62. The highest BCUT2D eigenvalue weighted by atomic mass is 16.3. The molecule has 0 unspecified atom stereocenters. The Morgan fingerprint density at radius 2 is 1.58 bits per heavy atom. The molecule has 1 fully saturated rings. The third-order valence-electron chi connectivity index (χ3n) is 2.31. The van der Waals surface area contributed by atoms with Crippen LogP contribution < -0.4 is 0 Å². The summed E-state index contributed by atoms with van der Waals surface area (Å²) < 4.78 is 0. The monoisotopic (exact) mass is 171 g/mol. The second kappa shape index (κ2) is 4.24. The molecule has 2 nitrogen and oxygen atoms in total. The predicted octanol–water partition coefficient (Wildman–Crippen LogP) is 1.63. The van der Waals surface area contributed by atoms with Crippen molar-refractivity contribution in [1.82, 2.24) is 4.90 Å². The molecular weight excluding hydrogens is 150 g/mol. The summed E-state index contributed by atoms with van der Waals surface area (Å²) in [4.78, 5) is 2.38. The maximum absolute atomic E-state index is 9.62. The smallest absolute Gasteiger partial charge is 0.0718 e. The number of aliphatic hydroxyl groups is 1. The van der Waals surface area contributed by atoms with Gasteiger partial charge in [0.25, 0.3) is 0 Å². The fraction of sp³-hybridized carbons (Fsp3) is 1.00. The van der Waals surface area contributed by atoms with Gasteiger partial charge in [0, 0.05) is 6.54 Å². The van der Waals surface area contributed by atoms with Crippen molar-refractivity contribution in [1.29, 1.82) is 0 Å². The Labute approximate surface area is 75.6 Å². The van der Waals surface area contributed by atoms with Crippen molar-refractivity contribution >= 4 is 0 Å². The molecule has 0 saturated carbocycles. The second-order valence-corrected chi connectivity index (χ2v) is 4.50. The molecule has 0 amide bonds. The van der Waals surface area contributed by atoms with E-state index in [9.17, 15) is 5.11 Å². The molecule has 1 rings (SSSR count). The van der Waals surface area contributed by atoms with Crippen molar-refractivity contribution in [2.75, 3.05) is 19.6 Å². The zero-order valence-electron chi connectivity index (χ0n) is 8.34. The first-order valence-corrected chi connectivity index (χ1v) is 5.03. The summed E-state index contributed by atoms with van der Waals surface area (Å²) in [6, 6.07) is 0. The van der Waals surface area contributed by atoms with Crippen molar-refractivity contribution < 1.29 is 5.11 Å². The lowest BCUT2D eigenvalue weighted by atomic mass is 10.1. The maximum Gasteiger partial charge on any atom is 0.0718 e. The summed E-state index contributed by atoms with van der Waals surface area (Å²) in [6.07, 6.45) is 5.33. The first-order chi connectivity index (χ1) is 5.58. The average molecular weight is 171 g/mol. The number of hydrogen-bond acceptors (Lipinski definition) is 2. The van der Waals surface area contributed by atoms with Gasteiger partial charge in [0.1, 0.15) is 0 Å². The minimum Gasteiger partial charge on any atom is -0.389 e. The summed E-state index contributed by atoms with van der Waals surface area (Å²) in [5.41, 5.74) is -0.523. The van der Waals surface area contributed by atoms with Gasteiger partial charge in [0.15, 0.2) is 0 Å². The predicted molar refractivity (Wildman–Crippen MR) is 51.2 cm³/mol. The zero-order valence-corrected chi connectivity index (χ0v) is 8.34. The first-order valence-electron chi connectivity index (χ1n) is 5.03. The van der Waals surface area contributed by atoms with Gasteiger partial charge < -0.3 is 10.0 Å². The van der Waals surface area contributed by atoms with Crippen LogP contribution in [0.25, 0.3) is 0 Å². The van der Waals surface area contributed by atoms with Crippen LogP contribution >= 0.6 is 0 Å².